The highest BCUT2D eigenvalue weighted by molar-refractivity contribution is 5.98. The van der Waals surface area contributed by atoms with Crippen molar-refractivity contribution >= 4 is 22.6 Å². The summed E-state index contributed by atoms with van der Waals surface area (Å²) in [4.78, 5) is 24.6. The van der Waals surface area contributed by atoms with Gasteiger partial charge in [-0.1, -0.05) is 30.3 Å². The molecule has 0 aliphatic carbocycles. The molecule has 6 heteroatoms. The van der Waals surface area contributed by atoms with Crippen molar-refractivity contribution in [2.24, 2.45) is 5.41 Å². The number of amides is 2. The fourth-order valence-electron chi connectivity index (χ4n) is 3.73. The number of hydrogen-bond acceptors (Lipinski definition) is 4. The van der Waals surface area contributed by atoms with E-state index in [-0.39, 0.29) is 23.7 Å². The Morgan fingerprint density at radius 2 is 1.82 bits per heavy atom. The number of carbonyl (C=O) groups excluding carboxylic acids is 2. The van der Waals surface area contributed by atoms with Gasteiger partial charge in [0.2, 0.25) is 5.91 Å². The Balaban J connectivity index is 1.44. The van der Waals surface area contributed by atoms with E-state index in [1.165, 1.54) is 0 Å². The zero-order chi connectivity index (χ0) is 19.8. The predicted molar refractivity (Wildman–Crippen MR) is 110 cm³/mol. The summed E-state index contributed by atoms with van der Waals surface area (Å²) < 4.78 is 5.37. The Labute approximate surface area is 166 Å². The van der Waals surface area contributed by atoms with Gasteiger partial charge < -0.3 is 20.7 Å². The monoisotopic (exact) mass is 383 g/mol. The molecule has 1 aliphatic heterocycles. The minimum absolute atomic E-state index is 0.00397. The summed E-state index contributed by atoms with van der Waals surface area (Å²) in [6.45, 7) is 3.46. The molecule has 1 aliphatic rings. The summed E-state index contributed by atoms with van der Waals surface area (Å²) in [7, 11) is 1.70. The van der Waals surface area contributed by atoms with Crippen LogP contribution in [0.4, 0.5) is 0 Å². The lowest BCUT2D eigenvalue weighted by Gasteiger charge is -2.37. The van der Waals surface area contributed by atoms with Crippen LogP contribution in [0.3, 0.4) is 0 Å². The molecule has 3 rings (SSSR count). The average molecular weight is 383 g/mol. The van der Waals surface area contributed by atoms with Crippen molar-refractivity contribution in [3.8, 4) is 0 Å². The Kier molecular flexibility index (Phi) is 7.01. The first-order valence-electron chi connectivity index (χ1n) is 9.85. The van der Waals surface area contributed by atoms with Crippen LogP contribution in [-0.4, -0.2) is 51.7 Å². The van der Waals surface area contributed by atoms with Gasteiger partial charge in [0.1, 0.15) is 0 Å². The summed E-state index contributed by atoms with van der Waals surface area (Å²) >= 11 is 0. The van der Waals surface area contributed by atoms with Gasteiger partial charge in [0.15, 0.2) is 0 Å². The van der Waals surface area contributed by atoms with E-state index < -0.39 is 0 Å². The van der Waals surface area contributed by atoms with E-state index in [9.17, 15) is 9.59 Å². The second-order valence-electron chi connectivity index (χ2n) is 7.53. The van der Waals surface area contributed by atoms with Gasteiger partial charge in [-0.15, -0.1) is 0 Å². The van der Waals surface area contributed by atoms with Crippen molar-refractivity contribution in [3.63, 3.8) is 0 Å². The van der Waals surface area contributed by atoms with Gasteiger partial charge >= 0.3 is 0 Å². The molecule has 6 nitrogen and oxygen atoms in total. The van der Waals surface area contributed by atoms with Gasteiger partial charge in [0.25, 0.3) is 5.91 Å². The van der Waals surface area contributed by atoms with E-state index in [1.807, 2.05) is 42.5 Å². The van der Waals surface area contributed by atoms with Crippen LogP contribution in [0.1, 0.15) is 29.6 Å². The molecular formula is C22H29N3O3. The van der Waals surface area contributed by atoms with Gasteiger partial charge in [0, 0.05) is 37.6 Å². The minimum Gasteiger partial charge on any atom is -0.384 e. The van der Waals surface area contributed by atoms with Gasteiger partial charge in [-0.05, 0) is 48.8 Å². The number of ether oxygens (including phenoxy) is 1. The first-order chi connectivity index (χ1) is 13.6. The Morgan fingerprint density at radius 3 is 2.57 bits per heavy atom. The first-order valence-corrected chi connectivity index (χ1v) is 9.85. The van der Waals surface area contributed by atoms with Crippen LogP contribution in [0.15, 0.2) is 42.5 Å². The smallest absolute Gasteiger partial charge is 0.251 e. The third-order valence-corrected chi connectivity index (χ3v) is 5.42. The molecule has 2 aromatic rings. The highest BCUT2D eigenvalue weighted by Gasteiger charge is 2.32. The highest BCUT2D eigenvalue weighted by Crippen LogP contribution is 2.28. The number of methoxy groups -OCH3 is 1. The summed E-state index contributed by atoms with van der Waals surface area (Å²) in [6, 6.07) is 13.5. The standard InChI is InChI=1S/C22H29N3O3/c1-28-16-22(9-12-23-13-10-22)15-25-20(26)8-11-24-21(27)19-7-6-17-4-2-3-5-18(17)14-19/h2-7,14,23H,8-13,15-16H2,1H3,(H,24,27)(H,25,26). The molecule has 0 aromatic heterocycles. The van der Waals surface area contributed by atoms with Gasteiger partial charge in [-0.2, -0.15) is 0 Å². The molecule has 2 aromatic carbocycles. The lowest BCUT2D eigenvalue weighted by molar-refractivity contribution is -0.121. The maximum absolute atomic E-state index is 12.3. The average Bonchev–Trinajstić information content (AvgIpc) is 2.73. The van der Waals surface area contributed by atoms with E-state index in [1.54, 1.807) is 7.11 Å². The molecule has 150 valence electrons. The number of benzene rings is 2. The molecule has 0 radical (unpaired) electrons. The zero-order valence-corrected chi connectivity index (χ0v) is 16.4. The number of carbonyl (C=O) groups is 2. The van der Waals surface area contributed by atoms with Crippen LogP contribution < -0.4 is 16.0 Å². The SMILES string of the molecule is COCC1(CNC(=O)CCNC(=O)c2ccc3ccccc3c2)CCNCC1. The molecule has 0 saturated carbocycles. The molecule has 2 amide bonds. The quantitative estimate of drug-likeness (QED) is 0.652. The van der Waals surface area contributed by atoms with Crippen molar-refractivity contribution in [1.29, 1.82) is 0 Å². The van der Waals surface area contributed by atoms with E-state index in [2.05, 4.69) is 16.0 Å². The maximum atomic E-state index is 12.3. The van der Waals surface area contributed by atoms with Crippen LogP contribution in [0.2, 0.25) is 0 Å². The van der Waals surface area contributed by atoms with Gasteiger partial charge in [-0.3, -0.25) is 9.59 Å². The lowest BCUT2D eigenvalue weighted by Crippen LogP contribution is -2.47. The first kappa shape index (κ1) is 20.3. The Hall–Kier alpha value is -2.44. The number of piperidine rings is 1. The molecule has 3 N–H and O–H groups in total. The predicted octanol–water partition coefficient (Wildman–Crippen LogP) is 2.09. The van der Waals surface area contributed by atoms with E-state index >= 15 is 0 Å². The van der Waals surface area contributed by atoms with Crippen LogP contribution in [-0.2, 0) is 9.53 Å². The van der Waals surface area contributed by atoms with Crippen molar-refractivity contribution in [3.05, 3.63) is 48.0 Å². The number of rotatable bonds is 8. The normalized spacial score (nSPS) is 15.9. The lowest BCUT2D eigenvalue weighted by atomic mass is 9.79. The fraction of sp³-hybridized carbons (Fsp3) is 0.455. The summed E-state index contributed by atoms with van der Waals surface area (Å²) in [5, 5.41) is 11.3. The molecule has 28 heavy (non-hydrogen) atoms. The zero-order valence-electron chi connectivity index (χ0n) is 16.4. The van der Waals surface area contributed by atoms with Gasteiger partial charge in [-0.25, -0.2) is 0 Å². The molecule has 0 atom stereocenters. The Bertz CT molecular complexity index is 810. The third kappa shape index (κ3) is 5.30. The van der Waals surface area contributed by atoms with Crippen LogP contribution in [0, 0.1) is 5.41 Å². The molecule has 0 unspecified atom stereocenters. The third-order valence-electron chi connectivity index (χ3n) is 5.42. The molecule has 0 bridgehead atoms. The topological polar surface area (TPSA) is 79.5 Å². The maximum Gasteiger partial charge on any atom is 0.251 e. The van der Waals surface area contributed by atoms with E-state index in [4.69, 9.17) is 4.74 Å². The second kappa shape index (κ2) is 9.66. The molecular weight excluding hydrogens is 354 g/mol. The van der Waals surface area contributed by atoms with Crippen LogP contribution in [0.5, 0.6) is 0 Å². The van der Waals surface area contributed by atoms with Crippen LogP contribution >= 0.6 is 0 Å². The molecule has 1 heterocycles. The fourth-order valence-corrected chi connectivity index (χ4v) is 3.73. The summed E-state index contributed by atoms with van der Waals surface area (Å²) in [5.41, 5.74) is 0.608. The number of nitrogens with one attached hydrogen (secondary N) is 3. The van der Waals surface area contributed by atoms with E-state index in [0.717, 1.165) is 36.7 Å². The summed E-state index contributed by atoms with van der Waals surface area (Å²) in [5.74, 6) is -0.208. The van der Waals surface area contributed by atoms with Crippen molar-refractivity contribution in [2.75, 3.05) is 39.9 Å². The largest absolute Gasteiger partial charge is 0.384 e. The minimum atomic E-state index is -0.159. The second-order valence-corrected chi connectivity index (χ2v) is 7.53. The molecule has 1 fully saturated rings. The summed E-state index contributed by atoms with van der Waals surface area (Å²) in [6.07, 6.45) is 2.24. The highest BCUT2D eigenvalue weighted by atomic mass is 16.5. The Morgan fingerprint density at radius 1 is 1.07 bits per heavy atom. The molecule has 1 saturated heterocycles. The van der Waals surface area contributed by atoms with Crippen molar-refractivity contribution in [1.82, 2.24) is 16.0 Å². The van der Waals surface area contributed by atoms with Crippen LogP contribution in [0.25, 0.3) is 10.8 Å². The van der Waals surface area contributed by atoms with E-state index in [0.29, 0.717) is 25.3 Å². The van der Waals surface area contributed by atoms with Gasteiger partial charge in [0.05, 0.1) is 6.61 Å². The number of hydrogen-bond donors (Lipinski definition) is 3. The number of fused-ring (bicyclic) bond motifs is 1. The molecule has 0 spiro atoms. The van der Waals surface area contributed by atoms with Crippen molar-refractivity contribution in [2.45, 2.75) is 19.3 Å². The van der Waals surface area contributed by atoms with Crippen molar-refractivity contribution < 1.29 is 14.3 Å².